The normalized spacial score (nSPS) is 17.4. The lowest BCUT2D eigenvalue weighted by Gasteiger charge is -2.29. The van der Waals surface area contributed by atoms with Gasteiger partial charge >= 0.3 is 0 Å². The second-order valence-electron chi connectivity index (χ2n) is 8.82. The lowest BCUT2D eigenvalue weighted by molar-refractivity contribution is 0.122. The highest BCUT2D eigenvalue weighted by molar-refractivity contribution is 5.72. The molecule has 0 amide bonds. The first-order valence-electron chi connectivity index (χ1n) is 11.8. The summed E-state index contributed by atoms with van der Waals surface area (Å²) in [6, 6.07) is 18.7. The third-order valence-corrected chi connectivity index (χ3v) is 6.75. The number of hydrogen-bond acceptors (Lipinski definition) is 7. The standard InChI is InChI=1S/C27H25N7O2/c1-32-27-24(25(31-32)19-4-8-20(9-5-19)33-12-14-35-15-13-33)23(22(16-28)26(29)36-27)18-2-6-21(7-3-18)34-11-10-30-17-34/h2-11,17,23H,12-15,29H2,1H3. The molecule has 0 aliphatic carbocycles. The molecule has 1 atom stereocenters. The van der Waals surface area contributed by atoms with E-state index in [9.17, 15) is 5.26 Å². The van der Waals surface area contributed by atoms with Gasteiger partial charge < -0.3 is 24.7 Å². The molecule has 2 N–H and O–H groups in total. The number of morpholine rings is 1. The van der Waals surface area contributed by atoms with Crippen molar-refractivity contribution in [2.45, 2.75) is 5.92 Å². The summed E-state index contributed by atoms with van der Waals surface area (Å²) in [4.78, 5) is 6.43. The lowest BCUT2D eigenvalue weighted by atomic mass is 9.83. The number of benzene rings is 2. The minimum Gasteiger partial charge on any atom is -0.422 e. The van der Waals surface area contributed by atoms with Gasteiger partial charge in [0.1, 0.15) is 17.3 Å². The van der Waals surface area contributed by atoms with Crippen LogP contribution in [-0.4, -0.2) is 45.6 Å². The summed E-state index contributed by atoms with van der Waals surface area (Å²) >= 11 is 0. The molecule has 36 heavy (non-hydrogen) atoms. The number of nitrogens with two attached hydrogens (primary N) is 1. The second-order valence-corrected chi connectivity index (χ2v) is 8.82. The number of nitriles is 1. The zero-order chi connectivity index (χ0) is 24.6. The molecular formula is C27H25N7O2. The molecule has 2 aromatic carbocycles. The van der Waals surface area contributed by atoms with Gasteiger partial charge in [-0.3, -0.25) is 0 Å². The van der Waals surface area contributed by atoms with Crippen LogP contribution in [0.2, 0.25) is 0 Å². The molecule has 9 heteroatoms. The van der Waals surface area contributed by atoms with E-state index >= 15 is 0 Å². The van der Waals surface area contributed by atoms with Crippen molar-refractivity contribution < 1.29 is 9.47 Å². The molecule has 0 saturated carbocycles. The molecule has 9 nitrogen and oxygen atoms in total. The van der Waals surface area contributed by atoms with E-state index < -0.39 is 5.92 Å². The maximum atomic E-state index is 10.0. The highest BCUT2D eigenvalue weighted by atomic mass is 16.5. The summed E-state index contributed by atoms with van der Waals surface area (Å²) in [5.41, 5.74) is 12.2. The van der Waals surface area contributed by atoms with Crippen LogP contribution < -0.4 is 15.4 Å². The van der Waals surface area contributed by atoms with Gasteiger partial charge in [-0.25, -0.2) is 9.67 Å². The number of aromatic nitrogens is 4. The van der Waals surface area contributed by atoms with E-state index in [2.05, 4.69) is 40.2 Å². The number of fused-ring (bicyclic) bond motifs is 1. The Bertz CT molecular complexity index is 1460. The van der Waals surface area contributed by atoms with E-state index in [1.807, 2.05) is 42.1 Å². The maximum absolute atomic E-state index is 10.0. The number of aryl methyl sites for hydroxylation is 1. The van der Waals surface area contributed by atoms with E-state index in [-0.39, 0.29) is 5.88 Å². The first-order chi connectivity index (χ1) is 17.6. The number of anilines is 1. The van der Waals surface area contributed by atoms with Gasteiger partial charge in [-0.1, -0.05) is 24.3 Å². The molecule has 6 rings (SSSR count). The largest absolute Gasteiger partial charge is 0.422 e. The van der Waals surface area contributed by atoms with E-state index in [1.54, 1.807) is 17.2 Å². The monoisotopic (exact) mass is 479 g/mol. The number of rotatable bonds is 4. The number of hydrogen-bond donors (Lipinski definition) is 1. The average Bonchev–Trinajstić information content (AvgIpc) is 3.57. The molecule has 4 aromatic rings. The number of nitrogens with zero attached hydrogens (tertiary/aromatic N) is 6. The Morgan fingerprint density at radius 1 is 1.03 bits per heavy atom. The first-order valence-corrected chi connectivity index (χ1v) is 11.8. The number of ether oxygens (including phenoxy) is 2. The van der Waals surface area contributed by atoms with Crippen LogP contribution in [0.15, 0.2) is 78.7 Å². The van der Waals surface area contributed by atoms with Crippen LogP contribution >= 0.6 is 0 Å². The summed E-state index contributed by atoms with van der Waals surface area (Å²) in [5, 5.41) is 14.8. The van der Waals surface area contributed by atoms with E-state index in [4.69, 9.17) is 20.3 Å². The third kappa shape index (κ3) is 3.68. The van der Waals surface area contributed by atoms with Crippen LogP contribution in [0.25, 0.3) is 16.9 Å². The average molecular weight is 480 g/mol. The van der Waals surface area contributed by atoms with Crippen LogP contribution in [-0.2, 0) is 11.8 Å². The van der Waals surface area contributed by atoms with E-state index in [1.165, 1.54) is 0 Å². The molecule has 2 aromatic heterocycles. The minimum atomic E-state index is -0.404. The maximum Gasteiger partial charge on any atom is 0.224 e. The number of imidazole rings is 1. The van der Waals surface area contributed by atoms with Crippen molar-refractivity contribution in [2.75, 3.05) is 31.2 Å². The van der Waals surface area contributed by atoms with Crippen LogP contribution in [0.5, 0.6) is 5.88 Å². The summed E-state index contributed by atoms with van der Waals surface area (Å²) in [6.07, 6.45) is 5.38. The zero-order valence-corrected chi connectivity index (χ0v) is 19.8. The summed E-state index contributed by atoms with van der Waals surface area (Å²) in [7, 11) is 1.83. The Morgan fingerprint density at radius 2 is 1.75 bits per heavy atom. The molecule has 0 radical (unpaired) electrons. The van der Waals surface area contributed by atoms with Crippen molar-refractivity contribution in [1.82, 2.24) is 19.3 Å². The molecule has 0 bridgehead atoms. The zero-order valence-electron chi connectivity index (χ0n) is 19.8. The molecular weight excluding hydrogens is 454 g/mol. The van der Waals surface area contributed by atoms with Crippen LogP contribution in [0.1, 0.15) is 17.0 Å². The highest BCUT2D eigenvalue weighted by Crippen LogP contribution is 2.46. The molecule has 2 aliphatic heterocycles. The Balaban J connectivity index is 1.42. The lowest BCUT2D eigenvalue weighted by Crippen LogP contribution is -2.36. The highest BCUT2D eigenvalue weighted by Gasteiger charge is 2.36. The summed E-state index contributed by atoms with van der Waals surface area (Å²) in [6.45, 7) is 3.22. The third-order valence-electron chi connectivity index (χ3n) is 6.75. The van der Waals surface area contributed by atoms with Crippen LogP contribution in [0.4, 0.5) is 5.69 Å². The topological polar surface area (TPSA) is 107 Å². The number of allylic oxidation sites excluding steroid dienone is 1. The van der Waals surface area contributed by atoms with Crippen LogP contribution in [0, 0.1) is 11.3 Å². The molecule has 180 valence electrons. The van der Waals surface area contributed by atoms with Crippen molar-refractivity contribution in [3.8, 4) is 28.9 Å². The Morgan fingerprint density at radius 3 is 2.42 bits per heavy atom. The molecule has 2 aliphatic rings. The molecule has 1 unspecified atom stereocenters. The fourth-order valence-electron chi connectivity index (χ4n) is 4.92. The Labute approximate surface area is 208 Å². The SMILES string of the molecule is Cn1nc(-c2ccc(N3CCOCC3)cc2)c2c1OC(N)=C(C#N)C2c1ccc(-n2ccnc2)cc1. The quantitative estimate of drug-likeness (QED) is 0.478. The van der Waals surface area contributed by atoms with E-state index in [0.717, 1.165) is 60.1 Å². The molecule has 4 heterocycles. The van der Waals surface area contributed by atoms with Crippen molar-refractivity contribution in [2.24, 2.45) is 12.8 Å². The van der Waals surface area contributed by atoms with Gasteiger partial charge in [-0.2, -0.15) is 10.4 Å². The van der Waals surface area contributed by atoms with Crippen molar-refractivity contribution in [3.05, 3.63) is 89.8 Å². The molecule has 1 saturated heterocycles. The van der Waals surface area contributed by atoms with E-state index in [0.29, 0.717) is 11.5 Å². The fourth-order valence-corrected chi connectivity index (χ4v) is 4.92. The van der Waals surface area contributed by atoms with Gasteiger partial charge in [0.05, 0.1) is 31.0 Å². The van der Waals surface area contributed by atoms with Gasteiger partial charge in [0.25, 0.3) is 0 Å². The van der Waals surface area contributed by atoms with Crippen molar-refractivity contribution in [3.63, 3.8) is 0 Å². The molecule has 0 spiro atoms. The smallest absolute Gasteiger partial charge is 0.224 e. The Hall–Kier alpha value is -4.55. The Kier molecular flexibility index (Phi) is 5.43. The summed E-state index contributed by atoms with van der Waals surface area (Å²) in [5.74, 6) is 0.242. The predicted molar refractivity (Wildman–Crippen MR) is 135 cm³/mol. The van der Waals surface area contributed by atoms with Gasteiger partial charge in [0, 0.05) is 49.5 Å². The van der Waals surface area contributed by atoms with Gasteiger partial charge in [0.2, 0.25) is 11.8 Å². The van der Waals surface area contributed by atoms with Gasteiger partial charge in [0.15, 0.2) is 0 Å². The van der Waals surface area contributed by atoms with Gasteiger partial charge in [-0.15, -0.1) is 0 Å². The predicted octanol–water partition coefficient (Wildman–Crippen LogP) is 3.33. The fraction of sp³-hybridized carbons (Fsp3) is 0.222. The minimum absolute atomic E-state index is 0.103. The second kappa shape index (κ2) is 8.91. The van der Waals surface area contributed by atoms with Crippen LogP contribution in [0.3, 0.4) is 0 Å². The molecule has 1 fully saturated rings. The summed E-state index contributed by atoms with van der Waals surface area (Å²) < 4.78 is 15.0. The van der Waals surface area contributed by atoms with Gasteiger partial charge in [-0.05, 0) is 29.8 Å². The first kappa shape index (κ1) is 21.9. The van der Waals surface area contributed by atoms with Crippen molar-refractivity contribution >= 4 is 5.69 Å². The van der Waals surface area contributed by atoms with Crippen molar-refractivity contribution in [1.29, 1.82) is 5.26 Å².